The SMILES string of the molecule is CCN(C1(CN)CCC(C)CC1)S(=O)(=O)c1ccnn1C. The van der Waals surface area contributed by atoms with Crippen molar-refractivity contribution in [1.82, 2.24) is 14.1 Å². The molecule has 0 bridgehead atoms. The van der Waals surface area contributed by atoms with Crippen molar-refractivity contribution in [2.45, 2.75) is 50.1 Å². The summed E-state index contributed by atoms with van der Waals surface area (Å²) in [5.74, 6) is 0.641. The number of rotatable bonds is 5. The molecule has 0 unspecified atom stereocenters. The van der Waals surface area contributed by atoms with Crippen molar-refractivity contribution in [3.05, 3.63) is 12.3 Å². The molecule has 1 aliphatic carbocycles. The first kappa shape index (κ1) is 16.5. The molecule has 0 spiro atoms. The lowest BCUT2D eigenvalue weighted by Crippen LogP contribution is -2.57. The molecule has 0 radical (unpaired) electrons. The lowest BCUT2D eigenvalue weighted by molar-refractivity contribution is 0.119. The summed E-state index contributed by atoms with van der Waals surface area (Å²) in [5.41, 5.74) is 5.57. The largest absolute Gasteiger partial charge is 0.329 e. The van der Waals surface area contributed by atoms with Gasteiger partial charge in [-0.05, 0) is 37.7 Å². The van der Waals surface area contributed by atoms with Crippen molar-refractivity contribution in [1.29, 1.82) is 0 Å². The maximum Gasteiger partial charge on any atom is 0.260 e. The second kappa shape index (κ2) is 6.06. The van der Waals surface area contributed by atoms with Crippen LogP contribution in [0.15, 0.2) is 17.3 Å². The zero-order valence-corrected chi connectivity index (χ0v) is 13.9. The van der Waals surface area contributed by atoms with E-state index in [1.807, 2.05) is 6.92 Å². The molecule has 0 saturated heterocycles. The molecule has 7 heteroatoms. The summed E-state index contributed by atoms with van der Waals surface area (Å²) in [6, 6.07) is 1.55. The first-order valence-corrected chi connectivity index (χ1v) is 9.02. The summed E-state index contributed by atoms with van der Waals surface area (Å²) < 4.78 is 29.0. The lowest BCUT2D eigenvalue weighted by Gasteiger charge is -2.45. The molecule has 120 valence electrons. The first-order valence-electron chi connectivity index (χ1n) is 7.58. The van der Waals surface area contributed by atoms with Gasteiger partial charge in [0.25, 0.3) is 10.0 Å². The molecule has 0 aromatic carbocycles. The highest BCUT2D eigenvalue weighted by Crippen LogP contribution is 2.38. The Bertz CT molecular complexity index is 574. The van der Waals surface area contributed by atoms with Crippen LogP contribution in [0.25, 0.3) is 0 Å². The Morgan fingerprint density at radius 3 is 2.52 bits per heavy atom. The first-order chi connectivity index (χ1) is 9.87. The Balaban J connectivity index is 2.40. The van der Waals surface area contributed by atoms with E-state index >= 15 is 0 Å². The standard InChI is InChI=1S/C14H26N4O2S/c1-4-18(14(11-15)8-5-12(2)6-9-14)21(19,20)13-7-10-16-17(13)3/h7,10,12H,4-6,8-9,11,15H2,1-3H3. The van der Waals surface area contributed by atoms with Crippen LogP contribution in [-0.4, -0.2) is 41.1 Å². The molecule has 1 aromatic rings. The van der Waals surface area contributed by atoms with Crippen LogP contribution < -0.4 is 5.73 Å². The summed E-state index contributed by atoms with van der Waals surface area (Å²) in [4.78, 5) is 0. The monoisotopic (exact) mass is 314 g/mol. The fourth-order valence-corrected chi connectivity index (χ4v) is 5.29. The third kappa shape index (κ3) is 2.86. The van der Waals surface area contributed by atoms with Gasteiger partial charge in [0, 0.05) is 25.7 Å². The Labute approximate surface area is 127 Å². The van der Waals surface area contributed by atoms with Gasteiger partial charge in [-0.1, -0.05) is 13.8 Å². The maximum atomic E-state index is 13.0. The summed E-state index contributed by atoms with van der Waals surface area (Å²) in [7, 11) is -1.92. The van der Waals surface area contributed by atoms with Crippen molar-refractivity contribution in [2.24, 2.45) is 18.7 Å². The second-order valence-electron chi connectivity index (χ2n) is 6.07. The van der Waals surface area contributed by atoms with Gasteiger partial charge in [0.15, 0.2) is 5.03 Å². The Morgan fingerprint density at radius 2 is 2.10 bits per heavy atom. The molecule has 1 aliphatic rings. The number of hydrogen-bond acceptors (Lipinski definition) is 4. The van der Waals surface area contributed by atoms with Gasteiger partial charge >= 0.3 is 0 Å². The predicted molar refractivity (Wildman–Crippen MR) is 82.2 cm³/mol. The topological polar surface area (TPSA) is 81.2 Å². The quantitative estimate of drug-likeness (QED) is 0.889. The molecule has 1 saturated carbocycles. The van der Waals surface area contributed by atoms with Gasteiger partial charge < -0.3 is 5.73 Å². The Kier molecular flexibility index (Phi) is 4.75. The van der Waals surface area contributed by atoms with E-state index in [1.54, 1.807) is 17.4 Å². The molecule has 2 rings (SSSR count). The molecule has 1 fully saturated rings. The van der Waals surface area contributed by atoms with Gasteiger partial charge in [-0.2, -0.15) is 9.40 Å². The van der Waals surface area contributed by atoms with Gasteiger partial charge in [-0.25, -0.2) is 8.42 Å². The van der Waals surface area contributed by atoms with E-state index in [9.17, 15) is 8.42 Å². The molecule has 1 aromatic heterocycles. The van der Waals surface area contributed by atoms with Gasteiger partial charge in [0.2, 0.25) is 0 Å². The van der Waals surface area contributed by atoms with Crippen molar-refractivity contribution in [3.63, 3.8) is 0 Å². The number of aryl methyl sites for hydroxylation is 1. The number of likely N-dealkylation sites (N-methyl/N-ethyl adjacent to an activating group) is 1. The molecule has 6 nitrogen and oxygen atoms in total. The third-order valence-corrected chi connectivity index (χ3v) is 6.89. The highest BCUT2D eigenvalue weighted by molar-refractivity contribution is 7.89. The van der Waals surface area contributed by atoms with E-state index in [-0.39, 0.29) is 5.03 Å². The molecule has 2 N–H and O–H groups in total. The van der Waals surface area contributed by atoms with Crippen LogP contribution in [0.1, 0.15) is 39.5 Å². The average Bonchev–Trinajstić information content (AvgIpc) is 2.89. The summed E-state index contributed by atoms with van der Waals surface area (Å²) in [5, 5.41) is 4.22. The van der Waals surface area contributed by atoms with Crippen LogP contribution in [0, 0.1) is 5.92 Å². The summed E-state index contributed by atoms with van der Waals surface area (Å²) >= 11 is 0. The average molecular weight is 314 g/mol. The van der Waals surface area contributed by atoms with Gasteiger partial charge in [0.1, 0.15) is 0 Å². The van der Waals surface area contributed by atoms with Crippen LogP contribution in [0.2, 0.25) is 0 Å². The molecule has 0 atom stereocenters. The predicted octanol–water partition coefficient (Wildman–Crippen LogP) is 1.34. The number of nitrogens with zero attached hydrogens (tertiary/aromatic N) is 3. The van der Waals surface area contributed by atoms with Crippen LogP contribution in [0.4, 0.5) is 0 Å². The fourth-order valence-electron chi connectivity index (χ4n) is 3.34. The van der Waals surface area contributed by atoms with E-state index in [4.69, 9.17) is 5.73 Å². The molecule has 1 heterocycles. The molecular weight excluding hydrogens is 288 g/mol. The molecule has 0 amide bonds. The number of aromatic nitrogens is 2. The van der Waals surface area contributed by atoms with Crippen molar-refractivity contribution >= 4 is 10.0 Å². The third-order valence-electron chi connectivity index (χ3n) is 4.73. The zero-order chi connectivity index (χ0) is 15.7. The van der Waals surface area contributed by atoms with E-state index in [0.717, 1.165) is 25.7 Å². The van der Waals surface area contributed by atoms with Crippen molar-refractivity contribution in [2.75, 3.05) is 13.1 Å². The van der Waals surface area contributed by atoms with E-state index in [1.165, 1.54) is 10.9 Å². The molecule has 0 aliphatic heterocycles. The number of sulfonamides is 1. The highest BCUT2D eigenvalue weighted by Gasteiger charge is 2.44. The van der Waals surface area contributed by atoms with Crippen LogP contribution in [0.3, 0.4) is 0 Å². The van der Waals surface area contributed by atoms with Gasteiger partial charge in [0.05, 0.1) is 6.20 Å². The smallest absolute Gasteiger partial charge is 0.260 e. The maximum absolute atomic E-state index is 13.0. The lowest BCUT2D eigenvalue weighted by atomic mass is 9.77. The Hall–Kier alpha value is -0.920. The van der Waals surface area contributed by atoms with E-state index in [2.05, 4.69) is 12.0 Å². The summed E-state index contributed by atoms with van der Waals surface area (Å²) in [6.45, 7) is 4.89. The summed E-state index contributed by atoms with van der Waals surface area (Å²) in [6.07, 6.45) is 5.22. The van der Waals surface area contributed by atoms with Crippen LogP contribution >= 0.6 is 0 Å². The van der Waals surface area contributed by atoms with E-state index in [0.29, 0.717) is 19.0 Å². The number of hydrogen-bond donors (Lipinski definition) is 1. The Morgan fingerprint density at radius 1 is 1.48 bits per heavy atom. The fraction of sp³-hybridized carbons (Fsp3) is 0.786. The molecule has 21 heavy (non-hydrogen) atoms. The van der Waals surface area contributed by atoms with Gasteiger partial charge in [-0.15, -0.1) is 0 Å². The van der Waals surface area contributed by atoms with Crippen molar-refractivity contribution in [3.8, 4) is 0 Å². The van der Waals surface area contributed by atoms with E-state index < -0.39 is 15.6 Å². The minimum absolute atomic E-state index is 0.232. The minimum Gasteiger partial charge on any atom is -0.329 e. The minimum atomic E-state index is -3.57. The zero-order valence-electron chi connectivity index (χ0n) is 13.1. The second-order valence-corrected chi connectivity index (χ2v) is 7.88. The van der Waals surface area contributed by atoms with Crippen molar-refractivity contribution < 1.29 is 8.42 Å². The number of nitrogens with two attached hydrogens (primary N) is 1. The molecular formula is C14H26N4O2S. The van der Waals surface area contributed by atoms with Gasteiger partial charge in [-0.3, -0.25) is 4.68 Å². The normalized spacial score (nSPS) is 27.2. The highest BCUT2D eigenvalue weighted by atomic mass is 32.2. The van der Waals surface area contributed by atoms with Crippen LogP contribution in [-0.2, 0) is 17.1 Å². The van der Waals surface area contributed by atoms with Crippen LogP contribution in [0.5, 0.6) is 0 Å².